The Morgan fingerprint density at radius 2 is 1.76 bits per heavy atom. The highest BCUT2D eigenvalue weighted by Crippen LogP contribution is 2.34. The molecular weight excluding hydrogens is 220 g/mol. The second kappa shape index (κ2) is 6.23. The molecule has 94 valence electrons. The molecule has 0 aromatic carbocycles. The highest BCUT2D eigenvalue weighted by Gasteiger charge is 2.28. The van der Waals surface area contributed by atoms with Crippen LogP contribution in [0, 0.1) is 11.8 Å². The zero-order chi connectivity index (χ0) is 12.8. The highest BCUT2D eigenvalue weighted by atomic mass is 16.4. The van der Waals surface area contributed by atoms with E-state index in [0.29, 0.717) is 0 Å². The molecule has 0 aliphatic heterocycles. The first kappa shape index (κ1) is 13.5. The number of allylic oxidation sites excluding steroid dienone is 1. The zero-order valence-corrected chi connectivity index (χ0v) is 9.76. The molecule has 0 aromatic heterocycles. The number of hydrogen-bond acceptors (Lipinski definition) is 2. The number of rotatable bonds is 5. The van der Waals surface area contributed by atoms with E-state index in [1.807, 2.05) is 0 Å². The molecule has 17 heavy (non-hydrogen) atoms. The number of hydrogen-bond donors (Lipinski definition) is 2. The van der Waals surface area contributed by atoms with Gasteiger partial charge in [-0.1, -0.05) is 25.3 Å². The molecule has 0 spiro atoms. The van der Waals surface area contributed by atoms with Crippen LogP contribution in [0.2, 0.25) is 0 Å². The van der Waals surface area contributed by atoms with E-state index in [0.717, 1.165) is 31.8 Å². The maximum atomic E-state index is 11.1. The molecule has 0 bridgehead atoms. The van der Waals surface area contributed by atoms with Crippen LogP contribution in [0.25, 0.3) is 0 Å². The SMILES string of the molecule is C=CC(C(=CC(=O)O)C(=O)O)C1CCCCC1. The minimum absolute atomic E-state index is 0.0561. The van der Waals surface area contributed by atoms with E-state index < -0.39 is 11.9 Å². The molecule has 1 fully saturated rings. The summed E-state index contributed by atoms with van der Waals surface area (Å²) in [5.74, 6) is -2.53. The summed E-state index contributed by atoms with van der Waals surface area (Å²) in [6.07, 6.45) is 7.58. The first-order chi connectivity index (χ1) is 8.06. The van der Waals surface area contributed by atoms with Crippen LogP contribution in [0.5, 0.6) is 0 Å². The second-order valence-electron chi connectivity index (χ2n) is 4.40. The summed E-state index contributed by atoms with van der Waals surface area (Å²) in [5.41, 5.74) is -0.0561. The van der Waals surface area contributed by atoms with Crippen LogP contribution >= 0.6 is 0 Å². The molecule has 0 aromatic rings. The molecule has 2 N–H and O–H groups in total. The van der Waals surface area contributed by atoms with Crippen LogP contribution in [0.1, 0.15) is 32.1 Å². The van der Waals surface area contributed by atoms with Gasteiger partial charge in [0.25, 0.3) is 0 Å². The lowest BCUT2D eigenvalue weighted by molar-refractivity contribution is -0.135. The zero-order valence-electron chi connectivity index (χ0n) is 9.76. The van der Waals surface area contributed by atoms with Crippen molar-refractivity contribution in [2.24, 2.45) is 11.8 Å². The van der Waals surface area contributed by atoms with Gasteiger partial charge in [0.05, 0.1) is 5.57 Å². The summed E-state index contributed by atoms with van der Waals surface area (Å²) in [7, 11) is 0. The predicted molar refractivity (Wildman–Crippen MR) is 63.6 cm³/mol. The average Bonchev–Trinajstić information content (AvgIpc) is 2.29. The summed E-state index contributed by atoms with van der Waals surface area (Å²) in [6, 6.07) is 0. The van der Waals surface area contributed by atoms with Crippen LogP contribution in [0.4, 0.5) is 0 Å². The predicted octanol–water partition coefficient (Wildman–Crippen LogP) is 2.46. The van der Waals surface area contributed by atoms with Crippen LogP contribution in [0.15, 0.2) is 24.3 Å². The maximum Gasteiger partial charge on any atom is 0.332 e. The maximum absolute atomic E-state index is 11.1. The quantitative estimate of drug-likeness (QED) is 0.570. The van der Waals surface area contributed by atoms with E-state index in [1.54, 1.807) is 6.08 Å². The van der Waals surface area contributed by atoms with Gasteiger partial charge in [-0.3, -0.25) is 0 Å². The fourth-order valence-electron chi connectivity index (χ4n) is 2.50. The number of aliphatic carboxylic acids is 2. The molecule has 1 aliphatic rings. The van der Waals surface area contributed by atoms with Gasteiger partial charge in [-0.2, -0.15) is 0 Å². The van der Waals surface area contributed by atoms with Gasteiger partial charge in [-0.05, 0) is 18.8 Å². The van der Waals surface area contributed by atoms with Crippen LogP contribution < -0.4 is 0 Å². The largest absolute Gasteiger partial charge is 0.478 e. The third-order valence-electron chi connectivity index (χ3n) is 3.30. The Hall–Kier alpha value is -1.58. The number of carboxylic acid groups (broad SMARTS) is 2. The van der Waals surface area contributed by atoms with Gasteiger partial charge >= 0.3 is 11.9 Å². The number of carboxylic acids is 2. The first-order valence-electron chi connectivity index (χ1n) is 5.86. The summed E-state index contributed by atoms with van der Waals surface area (Å²) >= 11 is 0. The summed E-state index contributed by atoms with van der Waals surface area (Å²) in [5, 5.41) is 17.8. The molecule has 4 nitrogen and oxygen atoms in total. The monoisotopic (exact) mass is 238 g/mol. The van der Waals surface area contributed by atoms with Gasteiger partial charge in [0.2, 0.25) is 0 Å². The van der Waals surface area contributed by atoms with E-state index in [-0.39, 0.29) is 17.4 Å². The molecule has 0 heterocycles. The molecule has 0 saturated heterocycles. The van der Waals surface area contributed by atoms with Gasteiger partial charge in [0.15, 0.2) is 0 Å². The Bertz CT molecular complexity index is 337. The second-order valence-corrected chi connectivity index (χ2v) is 4.40. The Kier molecular flexibility index (Phi) is 4.94. The van der Waals surface area contributed by atoms with Crippen molar-refractivity contribution in [3.63, 3.8) is 0 Å². The topological polar surface area (TPSA) is 74.6 Å². The number of carbonyl (C=O) groups is 2. The first-order valence-corrected chi connectivity index (χ1v) is 5.86. The van der Waals surface area contributed by atoms with Crippen LogP contribution in [0.3, 0.4) is 0 Å². The van der Waals surface area contributed by atoms with Gasteiger partial charge in [-0.15, -0.1) is 6.58 Å². The molecule has 1 aliphatic carbocycles. The smallest absolute Gasteiger partial charge is 0.332 e. The highest BCUT2D eigenvalue weighted by molar-refractivity contribution is 5.95. The minimum Gasteiger partial charge on any atom is -0.478 e. The van der Waals surface area contributed by atoms with E-state index in [2.05, 4.69) is 6.58 Å². The summed E-state index contributed by atoms with van der Waals surface area (Å²) in [6.45, 7) is 3.65. The molecule has 1 atom stereocenters. The van der Waals surface area contributed by atoms with Crippen molar-refractivity contribution in [3.8, 4) is 0 Å². The van der Waals surface area contributed by atoms with Crippen molar-refractivity contribution < 1.29 is 19.8 Å². The van der Waals surface area contributed by atoms with Gasteiger partial charge < -0.3 is 10.2 Å². The van der Waals surface area contributed by atoms with E-state index in [1.165, 1.54) is 6.42 Å². The van der Waals surface area contributed by atoms with Crippen molar-refractivity contribution in [1.29, 1.82) is 0 Å². The van der Waals surface area contributed by atoms with E-state index >= 15 is 0 Å². The molecule has 1 unspecified atom stereocenters. The Morgan fingerprint density at radius 1 is 1.18 bits per heavy atom. The average molecular weight is 238 g/mol. The minimum atomic E-state index is -1.22. The Balaban J connectivity index is 2.92. The lowest BCUT2D eigenvalue weighted by Gasteiger charge is -2.28. The van der Waals surface area contributed by atoms with Crippen molar-refractivity contribution in [1.82, 2.24) is 0 Å². The van der Waals surface area contributed by atoms with Crippen LogP contribution in [-0.4, -0.2) is 22.2 Å². The fraction of sp³-hybridized carbons (Fsp3) is 0.538. The molecular formula is C13H18O4. The third-order valence-corrected chi connectivity index (χ3v) is 3.30. The Labute approximate surface area is 101 Å². The lowest BCUT2D eigenvalue weighted by atomic mass is 9.76. The summed E-state index contributed by atoms with van der Waals surface area (Å²) in [4.78, 5) is 21.7. The van der Waals surface area contributed by atoms with Gasteiger partial charge in [-0.25, -0.2) is 9.59 Å². The van der Waals surface area contributed by atoms with Crippen molar-refractivity contribution in [2.45, 2.75) is 32.1 Å². The van der Waals surface area contributed by atoms with Gasteiger partial charge in [0.1, 0.15) is 0 Å². The lowest BCUT2D eigenvalue weighted by Crippen LogP contribution is -2.22. The van der Waals surface area contributed by atoms with Crippen molar-refractivity contribution in [3.05, 3.63) is 24.3 Å². The summed E-state index contributed by atoms with van der Waals surface area (Å²) < 4.78 is 0. The fourth-order valence-corrected chi connectivity index (χ4v) is 2.50. The third kappa shape index (κ3) is 3.73. The molecule has 0 amide bonds. The molecule has 1 saturated carbocycles. The molecule has 0 radical (unpaired) electrons. The normalized spacial score (nSPS) is 19.6. The Morgan fingerprint density at radius 3 is 2.18 bits per heavy atom. The van der Waals surface area contributed by atoms with Crippen LogP contribution in [-0.2, 0) is 9.59 Å². The molecule has 4 heteroatoms. The van der Waals surface area contributed by atoms with Gasteiger partial charge in [0, 0.05) is 12.0 Å². The van der Waals surface area contributed by atoms with Crippen molar-refractivity contribution >= 4 is 11.9 Å². The standard InChI is InChI=1S/C13H18O4/c1-2-10(9-6-4-3-5-7-9)11(13(16)17)8-12(14)15/h2,8-10H,1,3-7H2,(H,14,15)(H,16,17). The van der Waals surface area contributed by atoms with Crippen molar-refractivity contribution in [2.75, 3.05) is 0 Å². The van der Waals surface area contributed by atoms with E-state index in [4.69, 9.17) is 10.2 Å². The molecule has 1 rings (SSSR count). The van der Waals surface area contributed by atoms with E-state index in [9.17, 15) is 9.59 Å².